The van der Waals surface area contributed by atoms with Gasteiger partial charge in [-0.1, -0.05) is 0 Å². The van der Waals surface area contributed by atoms with Crippen molar-refractivity contribution in [3.8, 4) is 11.5 Å². The highest BCUT2D eigenvalue weighted by molar-refractivity contribution is 5.90. The van der Waals surface area contributed by atoms with Crippen LogP contribution in [0.15, 0.2) is 22.8 Å². The van der Waals surface area contributed by atoms with Gasteiger partial charge >= 0.3 is 5.97 Å². The molecule has 0 fully saturated rings. The number of anilines is 1. The van der Waals surface area contributed by atoms with Crippen molar-refractivity contribution in [2.75, 3.05) is 5.73 Å². The number of aryl methyl sites for hydroxylation is 1. The number of carbonyl (C=O) groups is 2. The SMILES string of the molecule is Nc1c(C=O)c(-c2ccco2)nn1CCCC(=O)O. The smallest absolute Gasteiger partial charge is 0.303 e. The third-order valence-electron chi connectivity index (χ3n) is 2.66. The Morgan fingerprint density at radius 2 is 2.37 bits per heavy atom. The third-order valence-corrected chi connectivity index (χ3v) is 2.66. The van der Waals surface area contributed by atoms with Crippen molar-refractivity contribution in [2.45, 2.75) is 19.4 Å². The van der Waals surface area contributed by atoms with Gasteiger partial charge in [-0.3, -0.25) is 9.59 Å². The summed E-state index contributed by atoms with van der Waals surface area (Å²) in [5.41, 5.74) is 6.44. The second-order valence-electron chi connectivity index (χ2n) is 3.96. The zero-order valence-corrected chi connectivity index (χ0v) is 10.1. The first-order valence-corrected chi connectivity index (χ1v) is 5.70. The van der Waals surface area contributed by atoms with Crippen LogP contribution < -0.4 is 5.73 Å². The minimum Gasteiger partial charge on any atom is -0.481 e. The Morgan fingerprint density at radius 1 is 1.58 bits per heavy atom. The fourth-order valence-electron chi connectivity index (χ4n) is 1.75. The van der Waals surface area contributed by atoms with E-state index in [-0.39, 0.29) is 17.8 Å². The first-order chi connectivity index (χ1) is 9.13. The normalized spacial score (nSPS) is 10.5. The molecular weight excluding hydrogens is 250 g/mol. The number of nitrogen functional groups attached to an aromatic ring is 1. The van der Waals surface area contributed by atoms with Gasteiger partial charge < -0.3 is 15.3 Å². The highest BCUT2D eigenvalue weighted by Crippen LogP contribution is 2.26. The molecule has 7 heteroatoms. The lowest BCUT2D eigenvalue weighted by Gasteiger charge is -2.01. The van der Waals surface area contributed by atoms with Crippen molar-refractivity contribution in [1.82, 2.24) is 9.78 Å². The van der Waals surface area contributed by atoms with Crippen LogP contribution in [-0.2, 0) is 11.3 Å². The number of carbonyl (C=O) groups excluding carboxylic acids is 1. The minimum atomic E-state index is -0.882. The summed E-state index contributed by atoms with van der Waals surface area (Å²) in [4.78, 5) is 21.5. The molecule has 0 aliphatic carbocycles. The van der Waals surface area contributed by atoms with Gasteiger partial charge in [0.1, 0.15) is 11.5 Å². The second kappa shape index (κ2) is 5.38. The van der Waals surface area contributed by atoms with E-state index in [1.54, 1.807) is 12.1 Å². The molecule has 0 radical (unpaired) electrons. The summed E-state index contributed by atoms with van der Waals surface area (Å²) < 4.78 is 6.61. The zero-order valence-electron chi connectivity index (χ0n) is 10.1. The summed E-state index contributed by atoms with van der Waals surface area (Å²) in [6, 6.07) is 3.36. The molecule has 3 N–H and O–H groups in total. The van der Waals surface area contributed by atoms with Crippen LogP contribution in [-0.4, -0.2) is 27.1 Å². The van der Waals surface area contributed by atoms with Crippen LogP contribution in [0.4, 0.5) is 5.82 Å². The van der Waals surface area contributed by atoms with Gasteiger partial charge in [0, 0.05) is 13.0 Å². The highest BCUT2D eigenvalue weighted by Gasteiger charge is 2.18. The van der Waals surface area contributed by atoms with E-state index < -0.39 is 5.97 Å². The molecule has 0 unspecified atom stereocenters. The van der Waals surface area contributed by atoms with Gasteiger partial charge in [0.15, 0.2) is 12.0 Å². The van der Waals surface area contributed by atoms with Crippen LogP contribution in [0.1, 0.15) is 23.2 Å². The standard InChI is InChI=1S/C12H13N3O4/c13-12-8(7-16)11(9-3-2-6-19-9)14-15(12)5-1-4-10(17)18/h2-3,6-7H,1,4-5,13H2,(H,17,18). The maximum atomic E-state index is 11.1. The predicted octanol–water partition coefficient (Wildman–Crippen LogP) is 1.40. The number of aldehydes is 1. The third kappa shape index (κ3) is 2.65. The number of aliphatic carboxylic acids is 1. The van der Waals surface area contributed by atoms with E-state index in [2.05, 4.69) is 5.10 Å². The van der Waals surface area contributed by atoms with Crippen LogP contribution >= 0.6 is 0 Å². The van der Waals surface area contributed by atoms with E-state index in [9.17, 15) is 9.59 Å². The Labute approximate surface area is 108 Å². The Balaban J connectivity index is 2.26. The van der Waals surface area contributed by atoms with E-state index in [4.69, 9.17) is 15.3 Å². The zero-order chi connectivity index (χ0) is 13.8. The predicted molar refractivity (Wildman–Crippen MR) is 66.6 cm³/mol. The number of rotatable bonds is 6. The van der Waals surface area contributed by atoms with E-state index in [0.29, 0.717) is 30.7 Å². The van der Waals surface area contributed by atoms with Crippen molar-refractivity contribution in [3.05, 3.63) is 24.0 Å². The van der Waals surface area contributed by atoms with Crippen molar-refractivity contribution in [1.29, 1.82) is 0 Å². The molecule has 19 heavy (non-hydrogen) atoms. The minimum absolute atomic E-state index is 0.0197. The average molecular weight is 263 g/mol. The van der Waals surface area contributed by atoms with Crippen molar-refractivity contribution in [3.63, 3.8) is 0 Å². The Hall–Kier alpha value is -2.57. The summed E-state index contributed by atoms with van der Waals surface area (Å²) in [6.07, 6.45) is 2.50. The molecule has 100 valence electrons. The monoisotopic (exact) mass is 263 g/mol. The van der Waals surface area contributed by atoms with Crippen LogP contribution in [0.3, 0.4) is 0 Å². The molecule has 0 bridgehead atoms. The fourth-order valence-corrected chi connectivity index (χ4v) is 1.75. The average Bonchev–Trinajstić information content (AvgIpc) is 2.97. The lowest BCUT2D eigenvalue weighted by Crippen LogP contribution is -2.07. The van der Waals surface area contributed by atoms with E-state index >= 15 is 0 Å². The maximum Gasteiger partial charge on any atom is 0.303 e. The second-order valence-corrected chi connectivity index (χ2v) is 3.96. The lowest BCUT2D eigenvalue weighted by molar-refractivity contribution is -0.137. The molecule has 2 aromatic rings. The molecule has 0 saturated heterocycles. The van der Waals surface area contributed by atoms with Crippen LogP contribution in [0.2, 0.25) is 0 Å². The van der Waals surface area contributed by atoms with E-state index in [0.717, 1.165) is 0 Å². The molecule has 2 rings (SSSR count). The summed E-state index contributed by atoms with van der Waals surface area (Å²) in [6.45, 7) is 0.333. The first-order valence-electron chi connectivity index (χ1n) is 5.70. The maximum absolute atomic E-state index is 11.1. The quantitative estimate of drug-likeness (QED) is 0.762. The molecule has 0 spiro atoms. The summed E-state index contributed by atoms with van der Waals surface area (Å²) in [5.74, 6) is -0.217. The van der Waals surface area contributed by atoms with Gasteiger partial charge in [0.2, 0.25) is 0 Å². The van der Waals surface area contributed by atoms with Gasteiger partial charge in [0.25, 0.3) is 0 Å². The van der Waals surface area contributed by atoms with Gasteiger partial charge in [-0.05, 0) is 18.6 Å². The number of carboxylic acids is 1. The Kier molecular flexibility index (Phi) is 3.65. The molecule has 0 aromatic carbocycles. The summed E-state index contributed by atoms with van der Waals surface area (Å²) >= 11 is 0. The van der Waals surface area contributed by atoms with Crippen molar-refractivity contribution < 1.29 is 19.1 Å². The molecule has 0 aliphatic heterocycles. The molecule has 7 nitrogen and oxygen atoms in total. The number of nitrogens with zero attached hydrogens (tertiary/aromatic N) is 2. The van der Waals surface area contributed by atoms with Crippen LogP contribution in [0.25, 0.3) is 11.5 Å². The number of hydrogen-bond donors (Lipinski definition) is 2. The number of nitrogens with two attached hydrogens (primary N) is 1. The highest BCUT2D eigenvalue weighted by atomic mass is 16.4. The molecule has 2 heterocycles. The molecule has 0 saturated carbocycles. The van der Waals surface area contributed by atoms with Gasteiger partial charge in [0.05, 0.1) is 11.8 Å². The van der Waals surface area contributed by atoms with Crippen molar-refractivity contribution >= 4 is 18.1 Å². The van der Waals surface area contributed by atoms with Gasteiger partial charge in [-0.15, -0.1) is 0 Å². The number of carboxylic acid groups (broad SMARTS) is 1. The Bertz CT molecular complexity index is 586. The Morgan fingerprint density at radius 3 is 2.95 bits per heavy atom. The number of furan rings is 1. The topological polar surface area (TPSA) is 111 Å². The fraction of sp³-hybridized carbons (Fsp3) is 0.250. The number of hydrogen-bond acceptors (Lipinski definition) is 5. The van der Waals surface area contributed by atoms with Crippen LogP contribution in [0.5, 0.6) is 0 Å². The molecule has 0 atom stereocenters. The molecule has 2 aromatic heterocycles. The molecule has 0 amide bonds. The van der Waals surface area contributed by atoms with Crippen molar-refractivity contribution in [2.24, 2.45) is 0 Å². The van der Waals surface area contributed by atoms with Gasteiger partial charge in [-0.25, -0.2) is 4.68 Å². The van der Waals surface area contributed by atoms with E-state index in [1.165, 1.54) is 10.9 Å². The number of aromatic nitrogens is 2. The van der Waals surface area contributed by atoms with E-state index in [1.807, 2.05) is 0 Å². The summed E-state index contributed by atoms with van der Waals surface area (Å²) in [7, 11) is 0. The lowest BCUT2D eigenvalue weighted by atomic mass is 10.2. The largest absolute Gasteiger partial charge is 0.481 e. The molecule has 0 aliphatic rings. The molecular formula is C12H13N3O4. The first kappa shape index (κ1) is 12.9. The van der Waals surface area contributed by atoms with Crippen LogP contribution in [0, 0.1) is 0 Å². The van der Waals surface area contributed by atoms with Gasteiger partial charge in [-0.2, -0.15) is 5.10 Å². The summed E-state index contributed by atoms with van der Waals surface area (Å²) in [5, 5.41) is 12.8.